The molecule has 0 radical (unpaired) electrons. The van der Waals surface area contributed by atoms with E-state index in [0.29, 0.717) is 15.8 Å². The van der Waals surface area contributed by atoms with Crippen LogP contribution in [0.15, 0.2) is 24.3 Å². The van der Waals surface area contributed by atoms with E-state index in [0.717, 1.165) is 11.1 Å². The second kappa shape index (κ2) is 6.12. The summed E-state index contributed by atoms with van der Waals surface area (Å²) in [7, 11) is 0. The van der Waals surface area contributed by atoms with Gasteiger partial charge in [0, 0.05) is 12.0 Å². The minimum absolute atomic E-state index is 0.0350. The highest BCUT2D eigenvalue weighted by molar-refractivity contribution is 7.19. The van der Waals surface area contributed by atoms with Gasteiger partial charge in [-0.05, 0) is 34.8 Å². The Morgan fingerprint density at radius 1 is 1.14 bits per heavy atom. The summed E-state index contributed by atoms with van der Waals surface area (Å²) in [6, 6.07) is 7.37. The number of halogens is 2. The molecule has 22 heavy (non-hydrogen) atoms. The zero-order chi connectivity index (χ0) is 15.7. The van der Waals surface area contributed by atoms with Crippen LogP contribution < -0.4 is 0 Å². The maximum Gasteiger partial charge on any atom is 0.234 e. The van der Waals surface area contributed by atoms with Crippen molar-refractivity contribution in [1.29, 1.82) is 0 Å². The summed E-state index contributed by atoms with van der Waals surface area (Å²) in [5.41, 5.74) is 1.65. The van der Waals surface area contributed by atoms with Gasteiger partial charge in [0.1, 0.15) is 5.01 Å². The van der Waals surface area contributed by atoms with Crippen molar-refractivity contribution in [2.75, 3.05) is 0 Å². The monoisotopic (exact) mass is 354 g/mol. The summed E-state index contributed by atoms with van der Waals surface area (Å²) in [5, 5.41) is 12.0. The van der Waals surface area contributed by atoms with Gasteiger partial charge in [0.05, 0.1) is 6.42 Å². The lowest BCUT2D eigenvalue weighted by Crippen LogP contribution is -2.01. The molecule has 2 heterocycles. The predicted octanol–water partition coefficient (Wildman–Crippen LogP) is 2.47. The van der Waals surface area contributed by atoms with Crippen LogP contribution in [0.5, 0.6) is 0 Å². The highest BCUT2D eigenvalue weighted by Crippen LogP contribution is 2.26. The van der Waals surface area contributed by atoms with E-state index in [2.05, 4.69) is 15.3 Å². The quantitative estimate of drug-likeness (QED) is 0.657. The average Bonchev–Trinajstić information content (AvgIpc) is 3.00. The van der Waals surface area contributed by atoms with Gasteiger partial charge >= 0.3 is 0 Å². The molecule has 0 fully saturated rings. The molecule has 3 rings (SSSR count). The maximum absolute atomic E-state index is 11.0. The highest BCUT2D eigenvalue weighted by Gasteiger charge is 2.15. The minimum Gasteiger partial charge on any atom is -0.281 e. The third kappa shape index (κ3) is 3.16. The van der Waals surface area contributed by atoms with E-state index >= 15 is 0 Å². The van der Waals surface area contributed by atoms with E-state index in [1.54, 1.807) is 0 Å². The van der Waals surface area contributed by atoms with Crippen LogP contribution in [-0.2, 0) is 22.4 Å². The molecular formula is C13H8Cl2N4O2S. The van der Waals surface area contributed by atoms with Crippen LogP contribution in [0, 0.1) is 0 Å². The van der Waals surface area contributed by atoms with E-state index in [9.17, 15) is 9.59 Å². The van der Waals surface area contributed by atoms with Crippen LogP contribution in [0.2, 0.25) is 0 Å². The number of hydrogen-bond acceptors (Lipinski definition) is 6. The molecule has 3 aromatic rings. The first-order valence-corrected chi connectivity index (χ1v) is 7.77. The summed E-state index contributed by atoms with van der Waals surface area (Å²) in [4.78, 5) is 22.6. The molecular weight excluding hydrogens is 347 g/mol. The normalized spacial score (nSPS) is 11.0. The lowest BCUT2D eigenvalue weighted by atomic mass is 10.1. The van der Waals surface area contributed by atoms with Crippen molar-refractivity contribution < 1.29 is 9.59 Å². The smallest absolute Gasteiger partial charge is 0.234 e. The van der Waals surface area contributed by atoms with Crippen LogP contribution >= 0.6 is 34.5 Å². The fourth-order valence-corrected chi connectivity index (χ4v) is 3.11. The summed E-state index contributed by atoms with van der Waals surface area (Å²) in [5.74, 6) is 0.393. The zero-order valence-corrected chi connectivity index (χ0v) is 13.3. The van der Waals surface area contributed by atoms with Crippen molar-refractivity contribution in [3.05, 3.63) is 35.7 Å². The average molecular weight is 355 g/mol. The van der Waals surface area contributed by atoms with Crippen molar-refractivity contribution >= 4 is 50.0 Å². The molecule has 0 aliphatic rings. The Kier molecular flexibility index (Phi) is 4.19. The van der Waals surface area contributed by atoms with Crippen LogP contribution in [-0.4, -0.2) is 30.3 Å². The van der Waals surface area contributed by atoms with Gasteiger partial charge in [-0.25, -0.2) is 0 Å². The molecule has 0 aliphatic heterocycles. The van der Waals surface area contributed by atoms with Gasteiger partial charge in [-0.15, -0.1) is 10.2 Å². The molecule has 112 valence electrons. The molecule has 0 unspecified atom stereocenters. The van der Waals surface area contributed by atoms with Crippen molar-refractivity contribution in [2.24, 2.45) is 0 Å². The largest absolute Gasteiger partial charge is 0.281 e. The molecule has 0 bridgehead atoms. The van der Waals surface area contributed by atoms with Crippen molar-refractivity contribution in [3.8, 4) is 10.6 Å². The second-order valence-electron chi connectivity index (χ2n) is 4.48. The molecule has 0 saturated heterocycles. The van der Waals surface area contributed by atoms with Gasteiger partial charge in [-0.2, -0.15) is 9.61 Å². The highest BCUT2D eigenvalue weighted by atomic mass is 35.5. The number of aromatic nitrogens is 4. The van der Waals surface area contributed by atoms with Gasteiger partial charge in [0.15, 0.2) is 5.82 Å². The molecule has 0 aliphatic carbocycles. The number of carbonyl (C=O) groups excluding carboxylic acids is 2. The lowest BCUT2D eigenvalue weighted by molar-refractivity contribution is -0.112. The van der Waals surface area contributed by atoms with E-state index in [-0.39, 0.29) is 12.8 Å². The van der Waals surface area contributed by atoms with Gasteiger partial charge in [0.25, 0.3) is 0 Å². The first kappa shape index (κ1) is 15.1. The molecule has 0 saturated carbocycles. The van der Waals surface area contributed by atoms with E-state index in [1.165, 1.54) is 15.9 Å². The van der Waals surface area contributed by atoms with Crippen LogP contribution in [0.4, 0.5) is 0 Å². The first-order chi connectivity index (χ1) is 10.5. The maximum atomic E-state index is 11.0. The van der Waals surface area contributed by atoms with Gasteiger partial charge in [-0.3, -0.25) is 9.59 Å². The molecule has 9 heteroatoms. The Hall–Kier alpha value is -1.83. The van der Waals surface area contributed by atoms with Crippen LogP contribution in [0.25, 0.3) is 15.5 Å². The first-order valence-electron chi connectivity index (χ1n) is 6.20. The summed E-state index contributed by atoms with van der Waals surface area (Å²) >= 11 is 12.1. The van der Waals surface area contributed by atoms with Crippen LogP contribution in [0.3, 0.4) is 0 Å². The number of hydrogen-bond donors (Lipinski definition) is 0. The van der Waals surface area contributed by atoms with Crippen LogP contribution in [0.1, 0.15) is 11.4 Å². The Labute approximate surface area is 138 Å². The Morgan fingerprint density at radius 2 is 1.91 bits per heavy atom. The molecule has 0 amide bonds. The molecule has 6 nitrogen and oxygen atoms in total. The molecule has 0 spiro atoms. The minimum atomic E-state index is -0.522. The molecule has 2 aromatic heterocycles. The van der Waals surface area contributed by atoms with E-state index in [1.807, 2.05) is 24.3 Å². The summed E-state index contributed by atoms with van der Waals surface area (Å²) in [6.45, 7) is 0. The van der Waals surface area contributed by atoms with E-state index in [4.69, 9.17) is 23.2 Å². The molecule has 0 atom stereocenters. The summed E-state index contributed by atoms with van der Waals surface area (Å²) in [6.07, 6.45) is 0.123. The molecule has 0 N–H and O–H groups in total. The third-order valence-corrected chi connectivity index (χ3v) is 4.08. The Morgan fingerprint density at radius 3 is 2.64 bits per heavy atom. The predicted molar refractivity (Wildman–Crippen MR) is 83.2 cm³/mol. The number of nitrogens with zero attached hydrogens (tertiary/aromatic N) is 4. The fraction of sp³-hybridized carbons (Fsp3) is 0.154. The fourth-order valence-electron chi connectivity index (χ4n) is 1.98. The van der Waals surface area contributed by atoms with Gasteiger partial charge in [-0.1, -0.05) is 29.5 Å². The molecule has 1 aromatic carbocycles. The standard InChI is InChI=1S/C13H8Cl2N4O2S/c14-9(20)5-7-2-1-3-8(4-7)12-18-19-11(6-10(15)21)16-17-13(19)22-12/h1-4H,5-6H2. The topological polar surface area (TPSA) is 77.2 Å². The second-order valence-corrected chi connectivity index (χ2v) is 6.28. The Balaban J connectivity index is 1.98. The zero-order valence-electron chi connectivity index (χ0n) is 11.0. The number of benzene rings is 1. The number of rotatable bonds is 5. The van der Waals surface area contributed by atoms with Gasteiger partial charge in [0.2, 0.25) is 15.4 Å². The van der Waals surface area contributed by atoms with Crippen molar-refractivity contribution in [3.63, 3.8) is 0 Å². The third-order valence-electron chi connectivity index (χ3n) is 2.87. The number of carbonyl (C=O) groups is 2. The lowest BCUT2D eigenvalue weighted by Gasteiger charge is -2.00. The Bertz CT molecular complexity index is 874. The summed E-state index contributed by atoms with van der Waals surface area (Å²) < 4.78 is 1.50. The van der Waals surface area contributed by atoms with Crippen molar-refractivity contribution in [1.82, 2.24) is 19.8 Å². The number of fused-ring (bicyclic) bond motifs is 1. The SMILES string of the molecule is O=C(Cl)Cc1cccc(-c2nn3c(CC(=O)Cl)nnc3s2)c1. The van der Waals surface area contributed by atoms with Gasteiger partial charge < -0.3 is 0 Å². The van der Waals surface area contributed by atoms with E-state index < -0.39 is 10.5 Å². The van der Waals surface area contributed by atoms with Crippen molar-refractivity contribution in [2.45, 2.75) is 12.8 Å².